The molecule has 0 saturated heterocycles. The van der Waals surface area contributed by atoms with Gasteiger partial charge in [-0.1, -0.05) is 30.3 Å². The van der Waals surface area contributed by atoms with Crippen LogP contribution in [0, 0.1) is 0 Å². The van der Waals surface area contributed by atoms with E-state index in [1.807, 2.05) is 30.3 Å². The molecule has 1 aliphatic rings. The van der Waals surface area contributed by atoms with Crippen LogP contribution in [0.15, 0.2) is 47.3 Å². The molecule has 1 amide bonds. The smallest absolute Gasteiger partial charge is 0.272 e. The van der Waals surface area contributed by atoms with Gasteiger partial charge in [0.1, 0.15) is 5.69 Å². The maximum Gasteiger partial charge on any atom is 0.272 e. The Morgan fingerprint density at radius 1 is 1.25 bits per heavy atom. The molecule has 6 heteroatoms. The predicted molar refractivity (Wildman–Crippen MR) is 89.8 cm³/mol. The van der Waals surface area contributed by atoms with Crippen molar-refractivity contribution in [2.75, 3.05) is 13.7 Å². The Hall–Kier alpha value is -2.47. The summed E-state index contributed by atoms with van der Waals surface area (Å²) in [6.07, 6.45) is 2.90. The predicted octanol–water partition coefficient (Wildman–Crippen LogP) is 1.70. The average molecular weight is 327 g/mol. The first kappa shape index (κ1) is 16.4. The zero-order valence-electron chi connectivity index (χ0n) is 13.7. The van der Waals surface area contributed by atoms with Crippen LogP contribution < -0.4 is 10.9 Å². The molecule has 24 heavy (non-hydrogen) atoms. The number of hydrogen-bond donors (Lipinski definition) is 1. The van der Waals surface area contributed by atoms with Crippen molar-refractivity contribution in [2.24, 2.45) is 0 Å². The van der Waals surface area contributed by atoms with E-state index in [2.05, 4.69) is 10.4 Å². The maximum absolute atomic E-state index is 12.6. The van der Waals surface area contributed by atoms with E-state index in [1.165, 1.54) is 16.8 Å². The number of benzene rings is 1. The van der Waals surface area contributed by atoms with Crippen LogP contribution in [-0.2, 0) is 16.8 Å². The number of methoxy groups -OCH3 is 1. The molecule has 1 aliphatic carbocycles. The van der Waals surface area contributed by atoms with Crippen LogP contribution in [0.4, 0.5) is 0 Å². The van der Waals surface area contributed by atoms with E-state index in [0.29, 0.717) is 13.2 Å². The summed E-state index contributed by atoms with van der Waals surface area (Å²) in [6, 6.07) is 12.8. The maximum atomic E-state index is 12.6. The van der Waals surface area contributed by atoms with Crippen LogP contribution >= 0.6 is 0 Å². The molecule has 1 aromatic heterocycles. The van der Waals surface area contributed by atoms with Crippen molar-refractivity contribution in [1.82, 2.24) is 15.1 Å². The molecule has 1 saturated carbocycles. The Morgan fingerprint density at radius 2 is 2.00 bits per heavy atom. The fraction of sp³-hybridized carbons (Fsp3) is 0.389. The number of nitrogens with one attached hydrogen (secondary N) is 1. The van der Waals surface area contributed by atoms with E-state index in [9.17, 15) is 9.59 Å². The van der Waals surface area contributed by atoms with Gasteiger partial charge in [0.15, 0.2) is 0 Å². The van der Waals surface area contributed by atoms with Crippen molar-refractivity contribution in [3.05, 3.63) is 64.1 Å². The number of aromatic nitrogens is 2. The van der Waals surface area contributed by atoms with Crippen molar-refractivity contribution in [1.29, 1.82) is 0 Å². The molecule has 0 spiro atoms. The van der Waals surface area contributed by atoms with Gasteiger partial charge in [0.05, 0.1) is 18.7 Å². The molecule has 1 N–H and O–H groups in total. The number of nitrogens with zero attached hydrogens (tertiary/aromatic N) is 2. The Kier molecular flexibility index (Phi) is 4.76. The molecule has 1 fully saturated rings. The summed E-state index contributed by atoms with van der Waals surface area (Å²) >= 11 is 0. The lowest BCUT2D eigenvalue weighted by atomic mass is 9.71. The first-order valence-corrected chi connectivity index (χ1v) is 8.10. The minimum absolute atomic E-state index is 0.243. The van der Waals surface area contributed by atoms with Crippen LogP contribution in [0.25, 0.3) is 0 Å². The van der Waals surface area contributed by atoms with Gasteiger partial charge in [-0.3, -0.25) is 9.59 Å². The highest BCUT2D eigenvalue weighted by Crippen LogP contribution is 2.41. The molecule has 0 radical (unpaired) electrons. The van der Waals surface area contributed by atoms with Gasteiger partial charge in [-0.15, -0.1) is 0 Å². The van der Waals surface area contributed by atoms with Gasteiger partial charge < -0.3 is 10.1 Å². The second kappa shape index (κ2) is 6.97. The number of amides is 1. The minimum atomic E-state index is -0.326. The van der Waals surface area contributed by atoms with Gasteiger partial charge in [-0.25, -0.2) is 4.68 Å². The zero-order valence-corrected chi connectivity index (χ0v) is 13.7. The van der Waals surface area contributed by atoms with Crippen LogP contribution in [0.2, 0.25) is 0 Å². The van der Waals surface area contributed by atoms with Gasteiger partial charge in [0.25, 0.3) is 11.5 Å². The van der Waals surface area contributed by atoms with Gasteiger partial charge in [0.2, 0.25) is 0 Å². The van der Waals surface area contributed by atoms with Gasteiger partial charge >= 0.3 is 0 Å². The van der Waals surface area contributed by atoms with Crippen molar-refractivity contribution >= 4 is 5.91 Å². The lowest BCUT2D eigenvalue weighted by Crippen LogP contribution is -2.51. The van der Waals surface area contributed by atoms with Crippen molar-refractivity contribution in [3.8, 4) is 0 Å². The van der Waals surface area contributed by atoms with E-state index >= 15 is 0 Å². The second-order valence-electron chi connectivity index (χ2n) is 6.03. The van der Waals surface area contributed by atoms with Crippen molar-refractivity contribution < 1.29 is 9.53 Å². The third-order valence-electron chi connectivity index (χ3n) is 4.49. The monoisotopic (exact) mass is 327 g/mol. The molecule has 1 aromatic carbocycles. The highest BCUT2D eigenvalue weighted by molar-refractivity contribution is 5.92. The Morgan fingerprint density at radius 3 is 2.62 bits per heavy atom. The number of carbonyl (C=O) groups is 1. The number of carbonyl (C=O) groups excluding carboxylic acids is 1. The molecule has 2 aromatic rings. The minimum Gasteiger partial charge on any atom is -0.383 e. The Labute approximate surface area is 140 Å². The van der Waals surface area contributed by atoms with Crippen LogP contribution in [-0.4, -0.2) is 29.4 Å². The molecule has 0 unspecified atom stereocenters. The molecule has 6 nitrogen and oxygen atoms in total. The molecule has 0 aliphatic heterocycles. The first-order chi connectivity index (χ1) is 11.6. The lowest BCUT2D eigenvalue weighted by Gasteiger charge is -2.43. The molecule has 126 valence electrons. The highest BCUT2D eigenvalue weighted by Gasteiger charge is 2.40. The third-order valence-corrected chi connectivity index (χ3v) is 4.49. The van der Waals surface area contributed by atoms with E-state index in [-0.39, 0.29) is 22.7 Å². The van der Waals surface area contributed by atoms with Crippen LogP contribution in [0.5, 0.6) is 0 Å². The lowest BCUT2D eigenvalue weighted by molar-refractivity contribution is 0.0814. The Balaban J connectivity index is 1.80. The molecule has 0 bridgehead atoms. The second-order valence-corrected chi connectivity index (χ2v) is 6.03. The highest BCUT2D eigenvalue weighted by atomic mass is 16.5. The van der Waals surface area contributed by atoms with Gasteiger partial charge in [0, 0.05) is 13.2 Å². The summed E-state index contributed by atoms with van der Waals surface area (Å²) in [5.74, 6) is -0.260. The summed E-state index contributed by atoms with van der Waals surface area (Å²) in [7, 11) is 1.56. The molecular formula is C18H21N3O3. The third kappa shape index (κ3) is 3.23. The molecular weight excluding hydrogens is 306 g/mol. The van der Waals surface area contributed by atoms with Gasteiger partial charge in [-0.05, 0) is 30.9 Å². The van der Waals surface area contributed by atoms with E-state index in [4.69, 9.17) is 4.74 Å². The SMILES string of the molecule is COCCn1nc(C(=O)NC2(c3ccccc3)CCC2)ccc1=O. The average Bonchev–Trinajstić information content (AvgIpc) is 2.58. The summed E-state index contributed by atoms with van der Waals surface area (Å²) < 4.78 is 6.22. The van der Waals surface area contributed by atoms with E-state index in [0.717, 1.165) is 24.8 Å². The van der Waals surface area contributed by atoms with E-state index in [1.54, 1.807) is 7.11 Å². The quantitative estimate of drug-likeness (QED) is 0.876. The number of ether oxygens (including phenoxy) is 1. The first-order valence-electron chi connectivity index (χ1n) is 8.10. The summed E-state index contributed by atoms with van der Waals surface area (Å²) in [5, 5.41) is 7.28. The van der Waals surface area contributed by atoms with Crippen LogP contribution in [0.1, 0.15) is 35.3 Å². The fourth-order valence-electron chi connectivity index (χ4n) is 2.96. The topological polar surface area (TPSA) is 73.2 Å². The number of hydrogen-bond acceptors (Lipinski definition) is 4. The number of rotatable bonds is 6. The largest absolute Gasteiger partial charge is 0.383 e. The molecule has 0 atom stereocenters. The standard InChI is InChI=1S/C18H21N3O3/c1-24-13-12-21-16(22)9-8-15(20-21)17(23)19-18(10-5-11-18)14-6-3-2-4-7-14/h2-4,6-9H,5,10-13H2,1H3,(H,19,23). The molecule has 3 rings (SSSR count). The fourth-order valence-corrected chi connectivity index (χ4v) is 2.96. The van der Waals surface area contributed by atoms with Gasteiger partial charge in [-0.2, -0.15) is 5.10 Å². The van der Waals surface area contributed by atoms with Crippen LogP contribution in [0.3, 0.4) is 0 Å². The zero-order chi connectivity index (χ0) is 17.0. The Bertz CT molecular complexity index is 767. The normalized spacial score (nSPS) is 15.5. The summed E-state index contributed by atoms with van der Waals surface area (Å²) in [6.45, 7) is 0.687. The summed E-state index contributed by atoms with van der Waals surface area (Å²) in [5.41, 5.74) is 0.781. The summed E-state index contributed by atoms with van der Waals surface area (Å²) in [4.78, 5) is 24.4. The van der Waals surface area contributed by atoms with Crippen molar-refractivity contribution in [3.63, 3.8) is 0 Å². The van der Waals surface area contributed by atoms with Crippen molar-refractivity contribution in [2.45, 2.75) is 31.3 Å². The molecule has 1 heterocycles. The van der Waals surface area contributed by atoms with E-state index < -0.39 is 0 Å².